The van der Waals surface area contributed by atoms with E-state index in [-0.39, 0.29) is 12.1 Å². The van der Waals surface area contributed by atoms with Crippen LogP contribution in [0.5, 0.6) is 0 Å². The third-order valence-corrected chi connectivity index (χ3v) is 4.06. The predicted octanol–water partition coefficient (Wildman–Crippen LogP) is 2.91. The average molecular weight is 247 g/mol. The van der Waals surface area contributed by atoms with Gasteiger partial charge in [0.25, 0.3) is 0 Å². The lowest BCUT2D eigenvalue weighted by atomic mass is 9.92. The maximum Gasteiger partial charge on any atom is 0.0753 e. The summed E-state index contributed by atoms with van der Waals surface area (Å²) in [5, 5.41) is 0. The quantitative estimate of drug-likeness (QED) is 0.868. The fraction of sp³-hybridized carbons (Fsp3) is 0.625. The van der Waals surface area contributed by atoms with Crippen molar-refractivity contribution in [1.29, 1.82) is 0 Å². The van der Waals surface area contributed by atoms with Gasteiger partial charge in [-0.05, 0) is 62.6 Å². The molecule has 18 heavy (non-hydrogen) atoms. The second-order valence-corrected chi connectivity index (χ2v) is 5.78. The normalized spacial score (nSPS) is 18.7. The van der Waals surface area contributed by atoms with Crippen LogP contribution >= 0.6 is 0 Å². The zero-order valence-corrected chi connectivity index (χ0v) is 12.0. The SMILES string of the molecule is COC(C(N)Cc1c(C)cc(C)cc1C)C1CC1. The zero-order valence-electron chi connectivity index (χ0n) is 12.0. The molecular formula is C16H25NO. The summed E-state index contributed by atoms with van der Waals surface area (Å²) in [6.45, 7) is 6.51. The molecule has 1 fully saturated rings. The molecule has 1 saturated carbocycles. The molecule has 1 aromatic carbocycles. The molecule has 0 aliphatic heterocycles. The topological polar surface area (TPSA) is 35.2 Å². The number of methoxy groups -OCH3 is 1. The maximum absolute atomic E-state index is 6.35. The summed E-state index contributed by atoms with van der Waals surface area (Å²) in [7, 11) is 1.79. The summed E-state index contributed by atoms with van der Waals surface area (Å²) in [5.74, 6) is 0.691. The smallest absolute Gasteiger partial charge is 0.0753 e. The summed E-state index contributed by atoms with van der Waals surface area (Å²) in [6.07, 6.45) is 3.70. The van der Waals surface area contributed by atoms with Crippen molar-refractivity contribution in [2.24, 2.45) is 11.7 Å². The molecule has 0 bridgehead atoms. The van der Waals surface area contributed by atoms with Crippen LogP contribution in [0.4, 0.5) is 0 Å². The standard InChI is InChI=1S/C16H25NO/c1-10-7-11(2)14(12(3)8-10)9-15(17)16(18-4)13-5-6-13/h7-8,13,15-16H,5-6,9,17H2,1-4H3. The maximum atomic E-state index is 6.35. The first-order valence-corrected chi connectivity index (χ1v) is 6.88. The van der Waals surface area contributed by atoms with E-state index in [9.17, 15) is 0 Å². The number of hydrogen-bond acceptors (Lipinski definition) is 2. The molecule has 0 amide bonds. The van der Waals surface area contributed by atoms with Gasteiger partial charge in [0.1, 0.15) is 0 Å². The minimum absolute atomic E-state index is 0.114. The number of hydrogen-bond donors (Lipinski definition) is 1. The Balaban J connectivity index is 2.13. The first-order chi connectivity index (χ1) is 8.52. The van der Waals surface area contributed by atoms with E-state index in [0.29, 0.717) is 5.92 Å². The molecule has 0 heterocycles. The largest absolute Gasteiger partial charge is 0.380 e. The molecule has 2 nitrogen and oxygen atoms in total. The molecule has 2 atom stereocenters. The molecule has 0 radical (unpaired) electrons. The molecule has 1 aliphatic carbocycles. The van der Waals surface area contributed by atoms with Crippen molar-refractivity contribution in [3.63, 3.8) is 0 Å². The summed E-state index contributed by atoms with van der Waals surface area (Å²) in [6, 6.07) is 4.60. The van der Waals surface area contributed by atoms with Crippen molar-refractivity contribution in [3.8, 4) is 0 Å². The second kappa shape index (κ2) is 5.41. The van der Waals surface area contributed by atoms with E-state index >= 15 is 0 Å². The van der Waals surface area contributed by atoms with E-state index in [0.717, 1.165) is 6.42 Å². The van der Waals surface area contributed by atoms with Crippen LogP contribution in [0.25, 0.3) is 0 Å². The number of nitrogens with two attached hydrogens (primary N) is 1. The third kappa shape index (κ3) is 2.93. The van der Waals surface area contributed by atoms with Gasteiger partial charge in [-0.25, -0.2) is 0 Å². The van der Waals surface area contributed by atoms with Gasteiger partial charge in [-0.15, -0.1) is 0 Å². The second-order valence-electron chi connectivity index (χ2n) is 5.78. The molecule has 1 aromatic rings. The molecule has 2 N–H and O–H groups in total. The Labute approximate surface area is 111 Å². The number of benzene rings is 1. The Kier molecular flexibility index (Phi) is 4.08. The highest BCUT2D eigenvalue weighted by Gasteiger charge is 2.35. The Morgan fingerprint density at radius 2 is 1.78 bits per heavy atom. The molecule has 1 aliphatic rings. The van der Waals surface area contributed by atoms with Crippen molar-refractivity contribution in [3.05, 3.63) is 34.4 Å². The number of rotatable bonds is 5. The van der Waals surface area contributed by atoms with Crippen LogP contribution in [0.2, 0.25) is 0 Å². The zero-order chi connectivity index (χ0) is 13.3. The number of ether oxygens (including phenoxy) is 1. The first-order valence-electron chi connectivity index (χ1n) is 6.88. The van der Waals surface area contributed by atoms with Gasteiger partial charge in [0.15, 0.2) is 0 Å². The third-order valence-electron chi connectivity index (χ3n) is 4.06. The van der Waals surface area contributed by atoms with Crippen LogP contribution in [0, 0.1) is 26.7 Å². The monoisotopic (exact) mass is 247 g/mol. The summed E-state index contributed by atoms with van der Waals surface area (Å²) in [5.41, 5.74) is 11.8. The fourth-order valence-electron chi connectivity index (χ4n) is 3.03. The van der Waals surface area contributed by atoms with Crippen LogP contribution in [0.15, 0.2) is 12.1 Å². The van der Waals surface area contributed by atoms with Crippen molar-refractivity contribution >= 4 is 0 Å². The minimum atomic E-state index is 0.114. The van der Waals surface area contributed by atoms with Crippen LogP contribution < -0.4 is 5.73 Å². The number of aryl methyl sites for hydroxylation is 3. The van der Waals surface area contributed by atoms with Gasteiger partial charge >= 0.3 is 0 Å². The first kappa shape index (κ1) is 13.6. The predicted molar refractivity (Wildman–Crippen MR) is 75.9 cm³/mol. The Bertz CT molecular complexity index is 400. The van der Waals surface area contributed by atoms with E-state index in [2.05, 4.69) is 32.9 Å². The van der Waals surface area contributed by atoms with Crippen LogP contribution in [-0.4, -0.2) is 19.3 Å². The van der Waals surface area contributed by atoms with Gasteiger partial charge in [0.2, 0.25) is 0 Å². The lowest BCUT2D eigenvalue weighted by Crippen LogP contribution is -2.39. The Morgan fingerprint density at radius 3 is 2.22 bits per heavy atom. The van der Waals surface area contributed by atoms with Crippen molar-refractivity contribution < 1.29 is 4.74 Å². The lowest BCUT2D eigenvalue weighted by molar-refractivity contribution is 0.0626. The molecule has 100 valence electrons. The average Bonchev–Trinajstić information content (AvgIpc) is 3.08. The van der Waals surface area contributed by atoms with E-state index in [4.69, 9.17) is 10.5 Å². The molecule has 0 saturated heterocycles. The molecule has 2 heteroatoms. The lowest BCUT2D eigenvalue weighted by Gasteiger charge is -2.24. The van der Waals surface area contributed by atoms with E-state index in [1.165, 1.54) is 35.1 Å². The van der Waals surface area contributed by atoms with Gasteiger partial charge in [-0.1, -0.05) is 17.7 Å². The molecule has 0 aromatic heterocycles. The highest BCUT2D eigenvalue weighted by atomic mass is 16.5. The Hall–Kier alpha value is -0.860. The van der Waals surface area contributed by atoms with Crippen LogP contribution in [-0.2, 0) is 11.2 Å². The summed E-state index contributed by atoms with van der Waals surface area (Å²) >= 11 is 0. The van der Waals surface area contributed by atoms with E-state index < -0.39 is 0 Å². The molecule has 2 rings (SSSR count). The van der Waals surface area contributed by atoms with Crippen molar-refractivity contribution in [2.75, 3.05) is 7.11 Å². The van der Waals surface area contributed by atoms with Gasteiger partial charge in [0.05, 0.1) is 6.10 Å². The fourth-order valence-corrected chi connectivity index (χ4v) is 3.03. The van der Waals surface area contributed by atoms with Crippen molar-refractivity contribution in [1.82, 2.24) is 0 Å². The highest BCUT2D eigenvalue weighted by Crippen LogP contribution is 2.36. The van der Waals surface area contributed by atoms with E-state index in [1.807, 2.05) is 0 Å². The van der Waals surface area contributed by atoms with Crippen LogP contribution in [0.1, 0.15) is 35.1 Å². The van der Waals surface area contributed by atoms with Gasteiger partial charge in [-0.3, -0.25) is 0 Å². The highest BCUT2D eigenvalue weighted by molar-refractivity contribution is 5.38. The molecule has 0 spiro atoms. The minimum Gasteiger partial charge on any atom is -0.380 e. The van der Waals surface area contributed by atoms with Crippen molar-refractivity contribution in [2.45, 2.75) is 52.2 Å². The molecular weight excluding hydrogens is 222 g/mol. The molecule has 2 unspecified atom stereocenters. The van der Waals surface area contributed by atoms with Gasteiger partial charge in [-0.2, -0.15) is 0 Å². The van der Waals surface area contributed by atoms with Gasteiger partial charge in [0, 0.05) is 13.2 Å². The Morgan fingerprint density at radius 1 is 1.22 bits per heavy atom. The van der Waals surface area contributed by atoms with E-state index in [1.54, 1.807) is 7.11 Å². The summed E-state index contributed by atoms with van der Waals surface area (Å²) in [4.78, 5) is 0. The summed E-state index contributed by atoms with van der Waals surface area (Å²) < 4.78 is 5.59. The van der Waals surface area contributed by atoms with Crippen LogP contribution in [0.3, 0.4) is 0 Å². The van der Waals surface area contributed by atoms with Gasteiger partial charge < -0.3 is 10.5 Å².